The summed E-state index contributed by atoms with van der Waals surface area (Å²) in [6.45, 7) is 1.79. The van der Waals surface area contributed by atoms with E-state index in [4.69, 9.17) is 16.3 Å². The average Bonchev–Trinajstić information content (AvgIpc) is 2.31. The maximum absolute atomic E-state index is 11.8. The van der Waals surface area contributed by atoms with Crippen LogP contribution in [-0.4, -0.2) is 18.4 Å². The Morgan fingerprint density at radius 3 is 3.00 bits per heavy atom. The molecule has 0 fully saturated rings. The number of benzene rings is 1. The lowest BCUT2D eigenvalue weighted by Crippen LogP contribution is -2.17. The topological polar surface area (TPSA) is 43.4 Å². The molecule has 4 heteroatoms. The van der Waals surface area contributed by atoms with E-state index < -0.39 is 0 Å². The quantitative estimate of drug-likeness (QED) is 0.788. The lowest BCUT2D eigenvalue weighted by atomic mass is 9.80. The molecule has 0 aromatic heterocycles. The Balaban J connectivity index is 2.15. The third-order valence-electron chi connectivity index (χ3n) is 3.25. The van der Waals surface area contributed by atoms with Crippen LogP contribution >= 0.6 is 11.6 Å². The van der Waals surface area contributed by atoms with Crippen LogP contribution in [0.3, 0.4) is 0 Å². The van der Waals surface area contributed by atoms with Crippen LogP contribution in [0.4, 0.5) is 0 Å². The highest BCUT2D eigenvalue weighted by molar-refractivity contribution is 6.30. The second-order valence-corrected chi connectivity index (χ2v) is 4.96. The maximum atomic E-state index is 11.8. The van der Waals surface area contributed by atoms with Gasteiger partial charge in [-0.05, 0) is 42.5 Å². The Kier molecular flexibility index (Phi) is 4.02. The summed E-state index contributed by atoms with van der Waals surface area (Å²) < 4.78 is 4.96. The summed E-state index contributed by atoms with van der Waals surface area (Å²) in [5, 5.41) is 0.640. The third kappa shape index (κ3) is 2.91. The number of carbonyl (C=O) groups excluding carboxylic acids is 2. The largest absolute Gasteiger partial charge is 0.466 e. The van der Waals surface area contributed by atoms with Crippen molar-refractivity contribution in [2.45, 2.75) is 32.1 Å². The van der Waals surface area contributed by atoms with Gasteiger partial charge < -0.3 is 4.74 Å². The van der Waals surface area contributed by atoms with Gasteiger partial charge in [0.05, 0.1) is 6.61 Å². The Morgan fingerprint density at radius 2 is 2.28 bits per heavy atom. The minimum absolute atomic E-state index is 0.172. The Hall–Kier alpha value is -1.35. The molecule has 1 atom stereocenters. The van der Waals surface area contributed by atoms with Crippen molar-refractivity contribution in [2.75, 3.05) is 6.61 Å². The van der Waals surface area contributed by atoms with Crippen LogP contribution in [0.2, 0.25) is 5.02 Å². The number of Topliss-reactive ketones (excluding diaryl/α,β-unsaturated/α-hetero) is 1. The molecule has 1 aliphatic rings. The van der Waals surface area contributed by atoms with Crippen LogP contribution in [-0.2, 0) is 9.53 Å². The Bertz CT molecular complexity index is 482. The van der Waals surface area contributed by atoms with Crippen molar-refractivity contribution >= 4 is 23.4 Å². The number of rotatable bonds is 3. The molecule has 0 saturated heterocycles. The van der Waals surface area contributed by atoms with E-state index in [1.165, 1.54) is 6.92 Å². The summed E-state index contributed by atoms with van der Waals surface area (Å²) in [5.74, 6) is 0.148. The van der Waals surface area contributed by atoms with Crippen molar-refractivity contribution in [1.29, 1.82) is 0 Å². The van der Waals surface area contributed by atoms with E-state index in [0.29, 0.717) is 18.1 Å². The summed E-state index contributed by atoms with van der Waals surface area (Å²) in [6, 6.07) is 5.39. The van der Waals surface area contributed by atoms with Gasteiger partial charge in [0, 0.05) is 23.9 Å². The Morgan fingerprint density at radius 1 is 1.50 bits per heavy atom. The normalized spacial score (nSPS) is 18.3. The predicted molar refractivity (Wildman–Crippen MR) is 69.0 cm³/mol. The molecule has 0 N–H and O–H groups in total. The van der Waals surface area contributed by atoms with Gasteiger partial charge in [-0.1, -0.05) is 11.6 Å². The van der Waals surface area contributed by atoms with Crippen LogP contribution in [0.1, 0.15) is 48.0 Å². The van der Waals surface area contributed by atoms with Crippen molar-refractivity contribution in [3.8, 4) is 0 Å². The van der Waals surface area contributed by atoms with Gasteiger partial charge in [0.15, 0.2) is 5.78 Å². The molecule has 1 aliphatic carbocycles. The lowest BCUT2D eigenvalue weighted by molar-refractivity contribution is -0.141. The zero-order chi connectivity index (χ0) is 13.1. The van der Waals surface area contributed by atoms with Crippen LogP contribution in [0.25, 0.3) is 0 Å². The summed E-state index contributed by atoms with van der Waals surface area (Å²) in [5.41, 5.74) is 1.75. The monoisotopic (exact) mass is 266 g/mol. The smallest absolute Gasteiger partial charge is 0.302 e. The number of carbonyl (C=O) groups is 2. The van der Waals surface area contributed by atoms with E-state index in [0.717, 1.165) is 24.0 Å². The summed E-state index contributed by atoms with van der Waals surface area (Å²) in [4.78, 5) is 22.5. The zero-order valence-corrected chi connectivity index (χ0v) is 11.0. The molecule has 0 amide bonds. The Labute approximate surface area is 111 Å². The highest BCUT2D eigenvalue weighted by atomic mass is 35.5. The van der Waals surface area contributed by atoms with Gasteiger partial charge in [-0.15, -0.1) is 0 Å². The van der Waals surface area contributed by atoms with Crippen molar-refractivity contribution < 1.29 is 14.3 Å². The molecule has 1 unspecified atom stereocenters. The molecule has 0 bridgehead atoms. The highest BCUT2D eigenvalue weighted by Gasteiger charge is 2.25. The van der Waals surface area contributed by atoms with Gasteiger partial charge in [0.25, 0.3) is 0 Å². The lowest BCUT2D eigenvalue weighted by Gasteiger charge is -2.24. The molecule has 3 nitrogen and oxygen atoms in total. The van der Waals surface area contributed by atoms with Gasteiger partial charge in [-0.3, -0.25) is 9.59 Å². The molecular weight excluding hydrogens is 252 g/mol. The molecule has 18 heavy (non-hydrogen) atoms. The summed E-state index contributed by atoms with van der Waals surface area (Å²) in [6.07, 6.45) is 2.09. The first-order valence-corrected chi connectivity index (χ1v) is 6.41. The molecule has 0 aliphatic heterocycles. The van der Waals surface area contributed by atoms with Crippen molar-refractivity contribution in [2.24, 2.45) is 0 Å². The molecular formula is C14H15ClO3. The fourth-order valence-electron chi connectivity index (χ4n) is 2.37. The second-order valence-electron chi connectivity index (χ2n) is 4.52. The number of esters is 1. The molecule has 0 spiro atoms. The molecule has 0 saturated carbocycles. The number of ether oxygens (including phenoxy) is 1. The highest BCUT2D eigenvalue weighted by Crippen LogP contribution is 2.35. The number of ketones is 1. The minimum Gasteiger partial charge on any atom is -0.466 e. The molecule has 2 rings (SSSR count). The van der Waals surface area contributed by atoms with Gasteiger partial charge in [0.2, 0.25) is 0 Å². The molecule has 1 aromatic rings. The van der Waals surface area contributed by atoms with Gasteiger partial charge in [0.1, 0.15) is 0 Å². The first-order chi connectivity index (χ1) is 8.58. The van der Waals surface area contributed by atoms with E-state index in [1.807, 2.05) is 6.07 Å². The zero-order valence-electron chi connectivity index (χ0n) is 10.2. The first-order valence-electron chi connectivity index (χ1n) is 6.04. The summed E-state index contributed by atoms with van der Waals surface area (Å²) in [7, 11) is 0. The third-order valence-corrected chi connectivity index (χ3v) is 3.48. The van der Waals surface area contributed by atoms with Crippen LogP contribution in [0.5, 0.6) is 0 Å². The molecule has 96 valence electrons. The van der Waals surface area contributed by atoms with Crippen LogP contribution in [0, 0.1) is 0 Å². The SMILES string of the molecule is CC(=O)OCCC1CCC(=O)c2ccc(Cl)cc21. The van der Waals surface area contributed by atoms with E-state index in [1.54, 1.807) is 12.1 Å². The van der Waals surface area contributed by atoms with Gasteiger partial charge in [-0.25, -0.2) is 0 Å². The predicted octanol–water partition coefficient (Wildman–Crippen LogP) is 3.35. The van der Waals surface area contributed by atoms with Gasteiger partial charge >= 0.3 is 5.97 Å². The number of fused-ring (bicyclic) bond motifs is 1. The average molecular weight is 267 g/mol. The second kappa shape index (κ2) is 5.53. The first kappa shape index (κ1) is 13.1. The van der Waals surface area contributed by atoms with E-state index in [2.05, 4.69) is 0 Å². The summed E-state index contributed by atoms with van der Waals surface area (Å²) >= 11 is 5.98. The van der Waals surface area contributed by atoms with E-state index >= 15 is 0 Å². The van der Waals surface area contributed by atoms with Crippen molar-refractivity contribution in [3.63, 3.8) is 0 Å². The molecule has 0 heterocycles. The standard InChI is InChI=1S/C14H15ClO3/c1-9(16)18-7-6-10-2-5-14(17)12-4-3-11(15)8-13(10)12/h3-4,8,10H,2,5-7H2,1H3. The number of halogens is 1. The van der Waals surface area contributed by atoms with E-state index in [9.17, 15) is 9.59 Å². The van der Waals surface area contributed by atoms with Crippen molar-refractivity contribution in [1.82, 2.24) is 0 Å². The van der Waals surface area contributed by atoms with Crippen LogP contribution in [0.15, 0.2) is 18.2 Å². The van der Waals surface area contributed by atoms with Crippen LogP contribution < -0.4 is 0 Å². The number of hydrogen-bond acceptors (Lipinski definition) is 3. The van der Waals surface area contributed by atoms with E-state index in [-0.39, 0.29) is 17.7 Å². The molecule has 0 radical (unpaired) electrons. The van der Waals surface area contributed by atoms with Gasteiger partial charge in [-0.2, -0.15) is 0 Å². The fraction of sp³-hybridized carbons (Fsp3) is 0.429. The minimum atomic E-state index is -0.270. The van der Waals surface area contributed by atoms with Crippen molar-refractivity contribution in [3.05, 3.63) is 34.3 Å². The molecule has 1 aromatic carbocycles. The maximum Gasteiger partial charge on any atom is 0.302 e. The number of hydrogen-bond donors (Lipinski definition) is 0. The fourth-order valence-corrected chi connectivity index (χ4v) is 2.55.